The lowest BCUT2D eigenvalue weighted by molar-refractivity contribution is 0.0416. The normalized spacial score (nSPS) is 13.1. The first-order valence-corrected chi connectivity index (χ1v) is 49.1. The number of hydrogen-bond acceptors (Lipinski definition) is 6. The highest BCUT2D eigenvalue weighted by molar-refractivity contribution is 7.20. The molecule has 0 aliphatic carbocycles. The highest BCUT2D eigenvalue weighted by Crippen LogP contribution is 2.46. The van der Waals surface area contributed by atoms with Gasteiger partial charge in [-0.05, 0) is 114 Å². The van der Waals surface area contributed by atoms with Crippen molar-refractivity contribution < 1.29 is 19.1 Å². The Morgan fingerprint density at radius 2 is 0.557 bits per heavy atom. The summed E-state index contributed by atoms with van der Waals surface area (Å²) < 4.78 is 16.0. The SMILES string of the molecule is CCCCCCCCCCC(CCCCCCCC)COC(=O)c1cc2cc3c(cc(C(=O)OCC(CCCCCCCC)CCCCCCCCCC)c4c(CC(CCCCCCCC)CCCCCCCCCC)c(CC(CCCCCCCC)CCCCCCCCCC)sc43)cc2c2sccc12. The van der Waals surface area contributed by atoms with Crippen LogP contribution >= 0.6 is 22.7 Å². The molecule has 0 saturated heterocycles. The largest absolute Gasteiger partial charge is 0.462 e. The van der Waals surface area contributed by atoms with E-state index in [1.165, 1.54) is 412 Å². The third-order valence-corrected chi connectivity index (χ3v) is 26.9. The number of ether oxygens (including phenoxy) is 2. The number of unbranched alkanes of at least 4 members (excludes halogenated alkanes) is 48. The van der Waals surface area contributed by atoms with Crippen LogP contribution in [-0.2, 0) is 22.3 Å². The summed E-state index contributed by atoms with van der Waals surface area (Å²) in [5.74, 6) is 1.70. The second-order valence-corrected chi connectivity index (χ2v) is 36.4. The minimum absolute atomic E-state index is 0.101. The lowest BCUT2D eigenvalue weighted by Crippen LogP contribution is -2.16. The van der Waals surface area contributed by atoms with E-state index in [-0.39, 0.29) is 11.9 Å². The number of esters is 2. The molecule has 5 aromatic rings. The van der Waals surface area contributed by atoms with Gasteiger partial charge in [0.05, 0.1) is 24.3 Å². The molecule has 6 heteroatoms. The van der Waals surface area contributed by atoms with Gasteiger partial charge in [0.15, 0.2) is 0 Å². The second-order valence-electron chi connectivity index (χ2n) is 34.4. The molecule has 0 aliphatic rings. The van der Waals surface area contributed by atoms with Gasteiger partial charge in [0.2, 0.25) is 0 Å². The van der Waals surface area contributed by atoms with Crippen LogP contribution in [0.2, 0.25) is 0 Å². The number of carbonyl (C=O) groups is 2. The molecule has 2 heterocycles. The summed E-state index contributed by atoms with van der Waals surface area (Å²) in [4.78, 5) is 32.6. The minimum atomic E-state index is -0.170. The zero-order valence-electron chi connectivity index (χ0n) is 71.3. The standard InChI is InChI=1S/C100H170O4S2/c1-9-17-25-33-41-45-53-58-66-83(65-57-49-37-29-21-13-5)75-93-95(76-84(67-59-50-38-30-22-14-6)68-60-54-46-42-34-26-18-10-2)106-98-91-78-87-79-92(99(101)103-81-85(69-61-51-39-31-23-15-7)71-63-55-47-43-35-27-19-11-3)89-73-74-105-97(89)90(87)77-88(91)80-94(96(93)98)100(102)104-82-86(70-62-52-40-32-24-16-8)72-64-56-48-44-36-28-20-12-4/h73-74,77-80,83-86H,9-72,75-76,81-82H2,1-8H3. The van der Waals surface area contributed by atoms with Gasteiger partial charge in [0.1, 0.15) is 0 Å². The van der Waals surface area contributed by atoms with Crippen LogP contribution in [0.25, 0.3) is 41.7 Å². The molecule has 0 amide bonds. The number of rotatable bonds is 74. The Morgan fingerprint density at radius 3 is 0.877 bits per heavy atom. The second kappa shape index (κ2) is 62.6. The molecule has 4 atom stereocenters. The van der Waals surface area contributed by atoms with Crippen molar-refractivity contribution in [2.75, 3.05) is 13.2 Å². The molecular formula is C100H170O4S2. The third kappa shape index (κ3) is 39.0. The number of carbonyl (C=O) groups excluding carboxylic acids is 2. The molecule has 0 fully saturated rings. The fraction of sp³-hybridized carbons (Fsp3) is 0.800. The van der Waals surface area contributed by atoms with Gasteiger partial charge in [-0.1, -0.05) is 441 Å². The first kappa shape index (κ1) is 93.6. The molecule has 606 valence electrons. The van der Waals surface area contributed by atoms with Gasteiger partial charge >= 0.3 is 11.9 Å². The fourth-order valence-electron chi connectivity index (χ4n) is 17.7. The molecule has 4 unspecified atom stereocenters. The Kier molecular flexibility index (Phi) is 55.3. The van der Waals surface area contributed by atoms with Crippen molar-refractivity contribution in [2.24, 2.45) is 23.7 Å². The van der Waals surface area contributed by atoms with Gasteiger partial charge in [0.25, 0.3) is 0 Å². The summed E-state index contributed by atoms with van der Waals surface area (Å²) in [5, 5.41) is 9.02. The lowest BCUT2D eigenvalue weighted by atomic mass is 9.84. The summed E-state index contributed by atoms with van der Waals surface area (Å²) in [6, 6.07) is 11.5. The molecule has 3 aromatic carbocycles. The van der Waals surface area contributed by atoms with Crippen LogP contribution in [0.1, 0.15) is 497 Å². The Balaban J connectivity index is 1.68. The van der Waals surface area contributed by atoms with Gasteiger partial charge in [-0.25, -0.2) is 9.59 Å². The van der Waals surface area contributed by atoms with Gasteiger partial charge in [0, 0.05) is 35.8 Å². The Morgan fingerprint density at radius 1 is 0.292 bits per heavy atom. The minimum Gasteiger partial charge on any atom is -0.462 e. The van der Waals surface area contributed by atoms with Gasteiger partial charge in [-0.15, -0.1) is 22.7 Å². The molecule has 0 radical (unpaired) electrons. The van der Waals surface area contributed by atoms with E-state index < -0.39 is 0 Å². The number of hydrogen-bond donors (Lipinski definition) is 0. The highest BCUT2D eigenvalue weighted by atomic mass is 32.1. The van der Waals surface area contributed by atoms with E-state index in [0.29, 0.717) is 42.4 Å². The maximum absolute atomic E-state index is 16.0. The number of fused-ring (bicyclic) bond motifs is 6. The van der Waals surface area contributed by atoms with Gasteiger partial charge < -0.3 is 9.47 Å². The molecule has 0 spiro atoms. The van der Waals surface area contributed by atoms with E-state index in [0.717, 1.165) is 64.9 Å². The van der Waals surface area contributed by atoms with Gasteiger partial charge in [-0.3, -0.25) is 0 Å². The van der Waals surface area contributed by atoms with E-state index in [4.69, 9.17) is 9.47 Å². The average molecular weight is 1500 g/mol. The molecule has 5 rings (SSSR count). The van der Waals surface area contributed by atoms with E-state index in [1.54, 1.807) is 16.2 Å². The summed E-state index contributed by atoms with van der Waals surface area (Å²) in [6.07, 6.45) is 86.0. The summed E-state index contributed by atoms with van der Waals surface area (Å²) in [5.41, 5.74) is 3.02. The Bertz CT molecular complexity index is 2930. The lowest BCUT2D eigenvalue weighted by Gasteiger charge is -2.21. The molecule has 4 nitrogen and oxygen atoms in total. The Hall–Kier alpha value is -2.96. The number of benzene rings is 3. The third-order valence-electron chi connectivity index (χ3n) is 24.7. The van der Waals surface area contributed by atoms with Crippen LogP contribution in [0.15, 0.2) is 35.7 Å². The molecule has 0 saturated carbocycles. The maximum atomic E-state index is 16.0. The average Bonchev–Trinajstić information content (AvgIpc) is 1.52. The quantitative estimate of drug-likeness (QED) is 0.0221. The highest BCUT2D eigenvalue weighted by Gasteiger charge is 2.28. The smallest absolute Gasteiger partial charge is 0.338 e. The number of thiophene rings is 2. The van der Waals surface area contributed by atoms with Crippen LogP contribution < -0.4 is 0 Å². The van der Waals surface area contributed by atoms with Crippen molar-refractivity contribution in [2.45, 2.75) is 479 Å². The monoisotopic (exact) mass is 1500 g/mol. The first-order chi connectivity index (χ1) is 52.2. The van der Waals surface area contributed by atoms with Crippen molar-refractivity contribution >= 4 is 76.3 Å². The van der Waals surface area contributed by atoms with Crippen molar-refractivity contribution in [1.29, 1.82) is 0 Å². The van der Waals surface area contributed by atoms with Gasteiger partial charge in [-0.2, -0.15) is 0 Å². The van der Waals surface area contributed by atoms with E-state index in [1.807, 2.05) is 0 Å². The fourth-order valence-corrected chi connectivity index (χ4v) is 20.1. The van der Waals surface area contributed by atoms with E-state index in [2.05, 4.69) is 102 Å². The molecular weight excluding hydrogens is 1330 g/mol. The van der Waals surface area contributed by atoms with E-state index in [9.17, 15) is 4.79 Å². The van der Waals surface area contributed by atoms with Crippen molar-refractivity contribution in [3.05, 3.63) is 57.3 Å². The molecule has 2 aromatic heterocycles. The molecule has 0 aliphatic heterocycles. The summed E-state index contributed by atoms with van der Waals surface area (Å²) in [6.45, 7) is 19.6. The van der Waals surface area contributed by atoms with Crippen molar-refractivity contribution in [3.8, 4) is 0 Å². The van der Waals surface area contributed by atoms with Crippen molar-refractivity contribution in [3.63, 3.8) is 0 Å². The van der Waals surface area contributed by atoms with Crippen molar-refractivity contribution in [1.82, 2.24) is 0 Å². The van der Waals surface area contributed by atoms with Crippen LogP contribution in [0.3, 0.4) is 0 Å². The van der Waals surface area contributed by atoms with Crippen LogP contribution in [0.5, 0.6) is 0 Å². The summed E-state index contributed by atoms with van der Waals surface area (Å²) >= 11 is 3.81. The van der Waals surface area contributed by atoms with E-state index >= 15 is 4.79 Å². The van der Waals surface area contributed by atoms with Crippen LogP contribution in [-0.4, -0.2) is 25.2 Å². The van der Waals surface area contributed by atoms with Crippen LogP contribution in [0.4, 0.5) is 0 Å². The maximum Gasteiger partial charge on any atom is 0.338 e. The predicted octanol–water partition coefficient (Wildman–Crippen LogP) is 35.4. The first-order valence-electron chi connectivity index (χ1n) is 47.4. The topological polar surface area (TPSA) is 52.6 Å². The zero-order chi connectivity index (χ0) is 75.5. The summed E-state index contributed by atoms with van der Waals surface area (Å²) in [7, 11) is 0. The Labute approximate surface area is 664 Å². The predicted molar refractivity (Wildman–Crippen MR) is 475 cm³/mol. The molecule has 0 N–H and O–H groups in total. The zero-order valence-corrected chi connectivity index (χ0v) is 72.9. The van der Waals surface area contributed by atoms with Crippen LogP contribution in [0, 0.1) is 23.7 Å². The molecule has 0 bridgehead atoms. The molecule has 106 heavy (non-hydrogen) atoms.